The van der Waals surface area contributed by atoms with Crippen molar-refractivity contribution in [2.45, 2.75) is 12.5 Å². The molecule has 0 spiro atoms. The molecule has 0 fully saturated rings. The molecule has 19 heavy (non-hydrogen) atoms. The maximum Gasteiger partial charge on any atom is 0.131 e. The predicted molar refractivity (Wildman–Crippen MR) is 61.4 cm³/mol. The van der Waals surface area contributed by atoms with E-state index in [-0.39, 0.29) is 12.0 Å². The Balaban J connectivity index is 2.28. The molecule has 2 aromatic rings. The number of hydrogen-bond acceptors (Lipinski definition) is 1. The molecule has 0 bridgehead atoms. The lowest BCUT2D eigenvalue weighted by molar-refractivity contribution is 0.167. The van der Waals surface area contributed by atoms with Gasteiger partial charge in [0.1, 0.15) is 23.3 Å². The van der Waals surface area contributed by atoms with Crippen LogP contribution in [0.2, 0.25) is 0 Å². The van der Waals surface area contributed by atoms with E-state index in [1.54, 1.807) is 0 Å². The van der Waals surface area contributed by atoms with Gasteiger partial charge in [-0.25, -0.2) is 17.6 Å². The molecule has 1 unspecified atom stereocenters. The molecule has 0 aromatic heterocycles. The highest BCUT2D eigenvalue weighted by Crippen LogP contribution is 2.25. The van der Waals surface area contributed by atoms with Crippen molar-refractivity contribution in [2.24, 2.45) is 0 Å². The van der Waals surface area contributed by atoms with Gasteiger partial charge >= 0.3 is 0 Å². The minimum atomic E-state index is -1.54. The van der Waals surface area contributed by atoms with Gasteiger partial charge in [-0.2, -0.15) is 0 Å². The Hall–Kier alpha value is -1.88. The second-order valence-electron chi connectivity index (χ2n) is 4.09. The van der Waals surface area contributed by atoms with Gasteiger partial charge in [0.15, 0.2) is 0 Å². The van der Waals surface area contributed by atoms with Crippen molar-refractivity contribution in [3.8, 4) is 0 Å². The summed E-state index contributed by atoms with van der Waals surface area (Å²) < 4.78 is 52.9. The molecule has 5 heteroatoms. The van der Waals surface area contributed by atoms with Crippen molar-refractivity contribution in [1.29, 1.82) is 0 Å². The molecule has 0 saturated carbocycles. The summed E-state index contributed by atoms with van der Waals surface area (Å²) in [6.07, 6.45) is -1.88. The summed E-state index contributed by atoms with van der Waals surface area (Å²) in [5, 5.41) is 9.79. The Labute approximate surface area is 107 Å². The Morgan fingerprint density at radius 1 is 0.895 bits per heavy atom. The summed E-state index contributed by atoms with van der Waals surface area (Å²) in [6, 6.07) is 5.97. The van der Waals surface area contributed by atoms with Crippen molar-refractivity contribution < 1.29 is 22.7 Å². The number of aliphatic hydroxyl groups is 1. The smallest absolute Gasteiger partial charge is 0.131 e. The average molecular weight is 270 g/mol. The molecule has 0 amide bonds. The highest BCUT2D eigenvalue weighted by atomic mass is 19.1. The first-order valence-electron chi connectivity index (χ1n) is 5.55. The Kier molecular flexibility index (Phi) is 3.85. The van der Waals surface area contributed by atoms with E-state index in [1.807, 2.05) is 0 Å². The zero-order chi connectivity index (χ0) is 14.0. The fourth-order valence-corrected chi connectivity index (χ4v) is 1.83. The Morgan fingerprint density at radius 3 is 2.11 bits per heavy atom. The quantitative estimate of drug-likeness (QED) is 0.846. The van der Waals surface area contributed by atoms with Gasteiger partial charge in [-0.3, -0.25) is 0 Å². The Morgan fingerprint density at radius 2 is 1.53 bits per heavy atom. The van der Waals surface area contributed by atoms with Crippen molar-refractivity contribution in [3.05, 3.63) is 70.8 Å². The van der Waals surface area contributed by atoms with Gasteiger partial charge in [0, 0.05) is 12.5 Å². The largest absolute Gasteiger partial charge is 0.388 e. The molecule has 100 valence electrons. The minimum Gasteiger partial charge on any atom is -0.388 e. The number of benzene rings is 2. The topological polar surface area (TPSA) is 20.2 Å². The molecule has 2 rings (SSSR count). The lowest BCUT2D eigenvalue weighted by Gasteiger charge is -2.13. The Bertz CT molecular complexity index is 578. The molecule has 0 aliphatic heterocycles. The van der Waals surface area contributed by atoms with E-state index in [1.165, 1.54) is 6.07 Å². The normalized spacial score (nSPS) is 12.5. The zero-order valence-corrected chi connectivity index (χ0v) is 9.71. The first-order valence-corrected chi connectivity index (χ1v) is 5.55. The maximum absolute atomic E-state index is 13.4. The highest BCUT2D eigenvalue weighted by Gasteiger charge is 2.19. The molecule has 1 nitrogen and oxygen atoms in total. The van der Waals surface area contributed by atoms with Crippen molar-refractivity contribution in [2.75, 3.05) is 0 Å². The number of hydrogen-bond donors (Lipinski definition) is 1. The number of rotatable bonds is 3. The van der Waals surface area contributed by atoms with E-state index in [9.17, 15) is 22.7 Å². The molecule has 0 radical (unpaired) electrons. The molecule has 2 aromatic carbocycles. The van der Waals surface area contributed by atoms with Crippen LogP contribution in [0.25, 0.3) is 0 Å². The predicted octanol–water partition coefficient (Wildman–Crippen LogP) is 3.52. The van der Waals surface area contributed by atoms with Crippen molar-refractivity contribution >= 4 is 0 Å². The van der Waals surface area contributed by atoms with Crippen molar-refractivity contribution in [3.63, 3.8) is 0 Å². The third-order valence-electron chi connectivity index (χ3n) is 2.76. The standard InChI is InChI=1S/C14H10F4O/c15-9-5-4-8(12(18)7-9)6-13(19)14-10(16)2-1-3-11(14)17/h1-5,7,13,19H,6H2. The summed E-state index contributed by atoms with van der Waals surface area (Å²) in [5.74, 6) is -3.44. The van der Waals surface area contributed by atoms with Gasteiger partial charge in [-0.1, -0.05) is 12.1 Å². The van der Waals surface area contributed by atoms with Crippen LogP contribution in [0.3, 0.4) is 0 Å². The van der Waals surface area contributed by atoms with Crippen LogP contribution in [0.4, 0.5) is 17.6 Å². The van der Waals surface area contributed by atoms with Crippen LogP contribution < -0.4 is 0 Å². The summed E-state index contributed by atoms with van der Waals surface area (Å²) in [6.45, 7) is 0. The molecule has 0 aliphatic rings. The third-order valence-corrected chi connectivity index (χ3v) is 2.76. The monoisotopic (exact) mass is 270 g/mol. The van der Waals surface area contributed by atoms with Crippen LogP contribution in [-0.2, 0) is 6.42 Å². The van der Waals surface area contributed by atoms with Gasteiger partial charge in [0.05, 0.1) is 11.7 Å². The van der Waals surface area contributed by atoms with E-state index >= 15 is 0 Å². The van der Waals surface area contributed by atoms with E-state index in [4.69, 9.17) is 0 Å². The average Bonchev–Trinajstić information content (AvgIpc) is 2.32. The van der Waals surface area contributed by atoms with E-state index < -0.39 is 34.9 Å². The summed E-state index contributed by atoms with van der Waals surface area (Å²) >= 11 is 0. The van der Waals surface area contributed by atoms with Crippen LogP contribution in [0.5, 0.6) is 0 Å². The van der Waals surface area contributed by atoms with E-state index in [0.29, 0.717) is 6.07 Å². The zero-order valence-electron chi connectivity index (χ0n) is 9.71. The van der Waals surface area contributed by atoms with Crippen LogP contribution in [-0.4, -0.2) is 5.11 Å². The molecule has 1 N–H and O–H groups in total. The van der Waals surface area contributed by atoms with Crippen LogP contribution in [0, 0.1) is 23.3 Å². The lowest BCUT2D eigenvalue weighted by Crippen LogP contribution is -2.08. The SMILES string of the molecule is OC(Cc1ccc(F)cc1F)c1c(F)cccc1F. The first-order chi connectivity index (χ1) is 8.99. The third kappa shape index (κ3) is 2.93. The van der Waals surface area contributed by atoms with Gasteiger partial charge in [-0.05, 0) is 23.8 Å². The first kappa shape index (κ1) is 13.5. The molecule has 0 aliphatic carbocycles. The molecule has 0 heterocycles. The fourth-order valence-electron chi connectivity index (χ4n) is 1.83. The summed E-state index contributed by atoms with van der Waals surface area (Å²) in [5.41, 5.74) is -0.539. The molecule has 1 atom stereocenters. The van der Waals surface area contributed by atoms with Crippen LogP contribution in [0.15, 0.2) is 36.4 Å². The minimum absolute atomic E-state index is 0.0171. The summed E-state index contributed by atoms with van der Waals surface area (Å²) in [4.78, 5) is 0. The van der Waals surface area contributed by atoms with Gasteiger partial charge in [0.25, 0.3) is 0 Å². The molecule has 0 saturated heterocycles. The molecular formula is C14H10F4O. The van der Waals surface area contributed by atoms with Crippen LogP contribution >= 0.6 is 0 Å². The van der Waals surface area contributed by atoms with Gasteiger partial charge in [-0.15, -0.1) is 0 Å². The fraction of sp³-hybridized carbons (Fsp3) is 0.143. The number of aliphatic hydroxyl groups excluding tert-OH is 1. The van der Waals surface area contributed by atoms with Crippen molar-refractivity contribution in [1.82, 2.24) is 0 Å². The van der Waals surface area contributed by atoms with Crippen LogP contribution in [0.1, 0.15) is 17.2 Å². The summed E-state index contributed by atoms with van der Waals surface area (Å²) in [7, 11) is 0. The second kappa shape index (κ2) is 5.40. The lowest BCUT2D eigenvalue weighted by atomic mass is 10.00. The van der Waals surface area contributed by atoms with Gasteiger partial charge in [0.2, 0.25) is 0 Å². The van der Waals surface area contributed by atoms with E-state index in [0.717, 1.165) is 24.3 Å². The molecular weight excluding hydrogens is 260 g/mol. The maximum atomic E-state index is 13.4. The number of halogens is 4. The van der Waals surface area contributed by atoms with Gasteiger partial charge < -0.3 is 5.11 Å². The highest BCUT2D eigenvalue weighted by molar-refractivity contribution is 5.26. The van der Waals surface area contributed by atoms with E-state index in [2.05, 4.69) is 0 Å². The second-order valence-corrected chi connectivity index (χ2v) is 4.09.